The smallest absolute Gasteiger partial charge is 0.323 e. The molecular formula is C13H25NO2. The van der Waals surface area contributed by atoms with Gasteiger partial charge in [-0.15, -0.1) is 0 Å². The van der Waals surface area contributed by atoms with Gasteiger partial charge in [0.2, 0.25) is 0 Å². The van der Waals surface area contributed by atoms with E-state index in [-0.39, 0.29) is 12.0 Å². The molecule has 0 aromatic rings. The van der Waals surface area contributed by atoms with Gasteiger partial charge in [0.15, 0.2) is 0 Å². The van der Waals surface area contributed by atoms with Gasteiger partial charge in [0, 0.05) is 12.1 Å². The Morgan fingerprint density at radius 3 is 2.31 bits per heavy atom. The Labute approximate surface area is 99.1 Å². The van der Waals surface area contributed by atoms with E-state index in [0.717, 1.165) is 6.42 Å². The molecule has 16 heavy (non-hydrogen) atoms. The summed E-state index contributed by atoms with van der Waals surface area (Å²) in [7, 11) is 0. The van der Waals surface area contributed by atoms with Crippen molar-refractivity contribution in [1.29, 1.82) is 0 Å². The van der Waals surface area contributed by atoms with Crippen molar-refractivity contribution in [3.05, 3.63) is 0 Å². The Kier molecular flexibility index (Phi) is 5.26. The van der Waals surface area contributed by atoms with Gasteiger partial charge in [-0.3, -0.25) is 9.69 Å². The first-order valence-electron chi connectivity index (χ1n) is 6.55. The molecule has 1 aliphatic heterocycles. The van der Waals surface area contributed by atoms with E-state index in [4.69, 9.17) is 4.74 Å². The van der Waals surface area contributed by atoms with Gasteiger partial charge in [-0.25, -0.2) is 0 Å². The molecule has 1 aliphatic rings. The van der Waals surface area contributed by atoms with E-state index >= 15 is 0 Å². The van der Waals surface area contributed by atoms with Crippen molar-refractivity contribution in [3.63, 3.8) is 0 Å². The van der Waals surface area contributed by atoms with E-state index in [0.29, 0.717) is 18.7 Å². The number of likely N-dealkylation sites (tertiary alicyclic amines) is 1. The van der Waals surface area contributed by atoms with E-state index in [9.17, 15) is 4.79 Å². The molecule has 3 heteroatoms. The molecule has 0 bridgehead atoms. The van der Waals surface area contributed by atoms with Crippen LogP contribution in [-0.4, -0.2) is 35.6 Å². The van der Waals surface area contributed by atoms with Crippen LogP contribution in [0.4, 0.5) is 0 Å². The van der Waals surface area contributed by atoms with Crippen LogP contribution in [0.1, 0.15) is 53.4 Å². The van der Waals surface area contributed by atoms with E-state index in [2.05, 4.69) is 25.7 Å². The maximum absolute atomic E-state index is 11.9. The van der Waals surface area contributed by atoms with Crippen molar-refractivity contribution in [3.8, 4) is 0 Å². The Bertz CT molecular complexity index is 220. The second-order valence-electron chi connectivity index (χ2n) is 4.75. The predicted molar refractivity (Wildman–Crippen MR) is 65.3 cm³/mol. The molecule has 0 amide bonds. The Morgan fingerprint density at radius 2 is 1.88 bits per heavy atom. The number of ether oxygens (including phenoxy) is 1. The van der Waals surface area contributed by atoms with Crippen LogP contribution in [0.3, 0.4) is 0 Å². The minimum Gasteiger partial charge on any atom is -0.465 e. The third-order valence-corrected chi connectivity index (χ3v) is 3.57. The highest BCUT2D eigenvalue weighted by atomic mass is 16.5. The zero-order valence-corrected chi connectivity index (χ0v) is 11.0. The lowest BCUT2D eigenvalue weighted by Gasteiger charge is -2.42. The number of carbonyl (C=O) groups is 1. The average molecular weight is 227 g/mol. The van der Waals surface area contributed by atoms with E-state index in [1.165, 1.54) is 19.3 Å². The first kappa shape index (κ1) is 13.5. The summed E-state index contributed by atoms with van der Waals surface area (Å²) in [4.78, 5) is 14.2. The molecule has 0 saturated carbocycles. The molecule has 0 N–H and O–H groups in total. The second-order valence-corrected chi connectivity index (χ2v) is 4.75. The molecule has 3 nitrogen and oxygen atoms in total. The van der Waals surface area contributed by atoms with Crippen LogP contribution in [0.2, 0.25) is 0 Å². The van der Waals surface area contributed by atoms with Crippen LogP contribution in [0.25, 0.3) is 0 Å². The van der Waals surface area contributed by atoms with E-state index in [1.807, 2.05) is 6.92 Å². The summed E-state index contributed by atoms with van der Waals surface area (Å²) in [6, 6.07) is 0.946. The highest BCUT2D eigenvalue weighted by molar-refractivity contribution is 5.75. The lowest BCUT2D eigenvalue weighted by atomic mass is 9.94. The highest BCUT2D eigenvalue weighted by Gasteiger charge is 2.34. The number of esters is 1. The quantitative estimate of drug-likeness (QED) is 0.691. The summed E-state index contributed by atoms with van der Waals surface area (Å²) in [6.07, 6.45) is 4.51. The van der Waals surface area contributed by atoms with Crippen LogP contribution >= 0.6 is 0 Å². The van der Waals surface area contributed by atoms with Crippen molar-refractivity contribution in [2.75, 3.05) is 6.61 Å². The molecule has 0 aromatic heterocycles. The maximum atomic E-state index is 11.9. The third kappa shape index (κ3) is 2.97. The maximum Gasteiger partial charge on any atom is 0.323 e. The molecule has 0 spiro atoms. The minimum absolute atomic E-state index is 0.0504. The van der Waals surface area contributed by atoms with Crippen molar-refractivity contribution in [2.45, 2.75) is 71.5 Å². The van der Waals surface area contributed by atoms with Crippen molar-refractivity contribution in [2.24, 2.45) is 0 Å². The van der Waals surface area contributed by atoms with E-state index < -0.39 is 0 Å². The Hall–Kier alpha value is -0.570. The molecule has 0 radical (unpaired) electrons. The lowest BCUT2D eigenvalue weighted by Crippen LogP contribution is -2.53. The fourth-order valence-electron chi connectivity index (χ4n) is 2.79. The van der Waals surface area contributed by atoms with Gasteiger partial charge in [0.25, 0.3) is 0 Å². The molecule has 1 saturated heterocycles. The number of rotatable bonds is 4. The van der Waals surface area contributed by atoms with Crippen molar-refractivity contribution in [1.82, 2.24) is 4.90 Å². The van der Waals surface area contributed by atoms with Crippen LogP contribution < -0.4 is 0 Å². The second kappa shape index (κ2) is 6.24. The number of piperidine rings is 1. The fraction of sp³-hybridized carbons (Fsp3) is 0.923. The van der Waals surface area contributed by atoms with Crippen molar-refractivity contribution >= 4 is 5.97 Å². The number of nitrogens with zero attached hydrogens (tertiary/aromatic N) is 1. The SMILES string of the molecule is CCOC(=O)C(CC)N1C(C)CCCC1C. The fourth-order valence-corrected chi connectivity index (χ4v) is 2.79. The molecular weight excluding hydrogens is 202 g/mol. The molecule has 3 unspecified atom stereocenters. The van der Waals surface area contributed by atoms with Gasteiger partial charge < -0.3 is 4.74 Å². The van der Waals surface area contributed by atoms with E-state index in [1.54, 1.807) is 0 Å². The molecule has 3 atom stereocenters. The third-order valence-electron chi connectivity index (χ3n) is 3.57. The molecule has 1 fully saturated rings. The van der Waals surface area contributed by atoms with Gasteiger partial charge in [0.1, 0.15) is 6.04 Å². The number of carbonyl (C=O) groups excluding carboxylic acids is 1. The van der Waals surface area contributed by atoms with Gasteiger partial charge in [0.05, 0.1) is 6.61 Å². The monoisotopic (exact) mass is 227 g/mol. The predicted octanol–water partition coefficient (Wildman–Crippen LogP) is 2.59. The van der Waals surface area contributed by atoms with Crippen LogP contribution in [0.15, 0.2) is 0 Å². The van der Waals surface area contributed by atoms with Gasteiger partial charge >= 0.3 is 5.97 Å². The standard InChI is InChI=1S/C13H25NO2/c1-5-12(13(15)16-6-2)14-10(3)8-7-9-11(14)4/h10-12H,5-9H2,1-4H3. The zero-order valence-electron chi connectivity index (χ0n) is 11.0. The Balaban J connectivity index is 2.72. The summed E-state index contributed by atoms with van der Waals surface area (Å²) in [5.74, 6) is -0.0504. The molecule has 0 aromatic carbocycles. The number of hydrogen-bond acceptors (Lipinski definition) is 3. The molecule has 0 aliphatic carbocycles. The molecule has 1 rings (SSSR count). The topological polar surface area (TPSA) is 29.5 Å². The van der Waals surface area contributed by atoms with Crippen molar-refractivity contribution < 1.29 is 9.53 Å². The van der Waals surface area contributed by atoms with Gasteiger partial charge in [-0.05, 0) is 40.0 Å². The summed E-state index contributed by atoms with van der Waals surface area (Å²) < 4.78 is 5.16. The first-order chi connectivity index (χ1) is 7.61. The molecule has 1 heterocycles. The normalized spacial score (nSPS) is 28.8. The zero-order chi connectivity index (χ0) is 12.1. The highest BCUT2D eigenvalue weighted by Crippen LogP contribution is 2.26. The van der Waals surface area contributed by atoms with Gasteiger partial charge in [-0.1, -0.05) is 13.3 Å². The Morgan fingerprint density at radius 1 is 1.31 bits per heavy atom. The minimum atomic E-state index is -0.0507. The summed E-state index contributed by atoms with van der Waals surface area (Å²) in [5.41, 5.74) is 0. The average Bonchev–Trinajstić information content (AvgIpc) is 2.24. The van der Waals surface area contributed by atoms with Crippen LogP contribution in [-0.2, 0) is 9.53 Å². The largest absolute Gasteiger partial charge is 0.465 e. The van der Waals surface area contributed by atoms with Crippen LogP contribution in [0.5, 0.6) is 0 Å². The summed E-state index contributed by atoms with van der Waals surface area (Å²) >= 11 is 0. The first-order valence-corrected chi connectivity index (χ1v) is 6.55. The lowest BCUT2D eigenvalue weighted by molar-refractivity contribution is -0.152. The number of hydrogen-bond donors (Lipinski definition) is 0. The van der Waals surface area contributed by atoms with Gasteiger partial charge in [-0.2, -0.15) is 0 Å². The summed E-state index contributed by atoms with van der Waals surface area (Å²) in [6.45, 7) is 8.85. The summed E-state index contributed by atoms with van der Waals surface area (Å²) in [5, 5.41) is 0. The van der Waals surface area contributed by atoms with Crippen LogP contribution in [0, 0.1) is 0 Å². The molecule has 94 valence electrons.